The van der Waals surface area contributed by atoms with Crippen molar-refractivity contribution in [3.05, 3.63) is 18.2 Å². The van der Waals surface area contributed by atoms with Crippen molar-refractivity contribution < 1.29 is 14.3 Å². The molecule has 0 aliphatic carbocycles. The van der Waals surface area contributed by atoms with Crippen LogP contribution >= 0.6 is 0 Å². The van der Waals surface area contributed by atoms with Crippen LogP contribution in [0, 0.1) is 0 Å². The second-order valence-electron chi connectivity index (χ2n) is 4.25. The van der Waals surface area contributed by atoms with E-state index in [2.05, 4.69) is 5.32 Å². The van der Waals surface area contributed by atoms with E-state index in [1.165, 1.54) is 0 Å². The number of hydrogen-bond acceptors (Lipinski definition) is 4. The van der Waals surface area contributed by atoms with Crippen molar-refractivity contribution in [2.24, 2.45) is 5.73 Å². The number of hydrogen-bond donors (Lipinski definition) is 2. The fraction of sp³-hybridized carbons (Fsp3) is 0.500. The molecule has 0 heterocycles. The van der Waals surface area contributed by atoms with Crippen LogP contribution in [-0.4, -0.2) is 25.2 Å². The number of anilines is 1. The molecule has 1 rings (SSSR count). The molecule has 1 amide bonds. The number of benzene rings is 1. The average molecular weight is 266 g/mol. The van der Waals surface area contributed by atoms with E-state index in [9.17, 15) is 4.79 Å². The SMILES string of the molecule is CCOc1ccc(OCC)c(NC(=O)CC(C)N)c1. The Morgan fingerprint density at radius 3 is 2.58 bits per heavy atom. The molecule has 0 spiro atoms. The second kappa shape index (κ2) is 7.63. The van der Waals surface area contributed by atoms with Crippen molar-refractivity contribution >= 4 is 11.6 Å². The van der Waals surface area contributed by atoms with E-state index in [4.69, 9.17) is 15.2 Å². The molecule has 5 nitrogen and oxygen atoms in total. The molecule has 5 heteroatoms. The maximum absolute atomic E-state index is 11.8. The maximum atomic E-state index is 11.8. The zero-order valence-electron chi connectivity index (χ0n) is 11.7. The van der Waals surface area contributed by atoms with Crippen LogP contribution in [0.15, 0.2) is 18.2 Å². The summed E-state index contributed by atoms with van der Waals surface area (Å²) in [6, 6.07) is 5.19. The molecule has 1 aromatic carbocycles. The largest absolute Gasteiger partial charge is 0.494 e. The first-order valence-electron chi connectivity index (χ1n) is 6.51. The van der Waals surface area contributed by atoms with Crippen molar-refractivity contribution in [1.82, 2.24) is 0 Å². The Hall–Kier alpha value is -1.75. The van der Waals surface area contributed by atoms with E-state index in [1.807, 2.05) is 19.9 Å². The van der Waals surface area contributed by atoms with Gasteiger partial charge in [0.2, 0.25) is 5.91 Å². The van der Waals surface area contributed by atoms with Crippen LogP contribution in [0.4, 0.5) is 5.69 Å². The van der Waals surface area contributed by atoms with Crippen LogP contribution in [0.25, 0.3) is 0 Å². The van der Waals surface area contributed by atoms with E-state index < -0.39 is 0 Å². The van der Waals surface area contributed by atoms with Gasteiger partial charge < -0.3 is 20.5 Å². The minimum atomic E-state index is -0.175. The molecule has 106 valence electrons. The van der Waals surface area contributed by atoms with Crippen LogP contribution < -0.4 is 20.5 Å². The highest BCUT2D eigenvalue weighted by molar-refractivity contribution is 5.92. The van der Waals surface area contributed by atoms with Gasteiger partial charge in [-0.3, -0.25) is 4.79 Å². The molecular weight excluding hydrogens is 244 g/mol. The molecular formula is C14H22N2O3. The summed E-state index contributed by atoms with van der Waals surface area (Å²) in [5.41, 5.74) is 6.21. The number of rotatable bonds is 7. The third-order valence-corrected chi connectivity index (χ3v) is 2.34. The van der Waals surface area contributed by atoms with Gasteiger partial charge in [-0.25, -0.2) is 0 Å². The zero-order chi connectivity index (χ0) is 14.3. The van der Waals surface area contributed by atoms with E-state index >= 15 is 0 Å². The molecule has 1 aromatic rings. The van der Waals surface area contributed by atoms with Crippen molar-refractivity contribution in [2.45, 2.75) is 33.2 Å². The predicted octanol–water partition coefficient (Wildman–Crippen LogP) is 2.16. The van der Waals surface area contributed by atoms with Gasteiger partial charge in [0.1, 0.15) is 11.5 Å². The monoisotopic (exact) mass is 266 g/mol. The van der Waals surface area contributed by atoms with Gasteiger partial charge in [0.15, 0.2) is 0 Å². The highest BCUT2D eigenvalue weighted by Gasteiger charge is 2.11. The smallest absolute Gasteiger partial charge is 0.226 e. The van der Waals surface area contributed by atoms with Gasteiger partial charge in [-0.05, 0) is 32.9 Å². The number of carbonyl (C=O) groups is 1. The predicted molar refractivity (Wildman–Crippen MR) is 75.7 cm³/mol. The fourth-order valence-electron chi connectivity index (χ4n) is 1.64. The lowest BCUT2D eigenvalue weighted by Crippen LogP contribution is -2.24. The first-order valence-corrected chi connectivity index (χ1v) is 6.51. The Morgan fingerprint density at radius 2 is 2.00 bits per heavy atom. The molecule has 0 aliphatic heterocycles. The summed E-state index contributed by atoms with van der Waals surface area (Å²) >= 11 is 0. The molecule has 1 atom stereocenters. The molecule has 3 N–H and O–H groups in total. The number of nitrogens with two attached hydrogens (primary N) is 1. The topological polar surface area (TPSA) is 73.6 Å². The number of amides is 1. The third kappa shape index (κ3) is 5.18. The molecule has 0 aromatic heterocycles. The van der Waals surface area contributed by atoms with Gasteiger partial charge in [0, 0.05) is 18.5 Å². The summed E-state index contributed by atoms with van der Waals surface area (Å²) in [6.45, 7) is 6.69. The lowest BCUT2D eigenvalue weighted by molar-refractivity contribution is -0.116. The van der Waals surface area contributed by atoms with Crippen LogP contribution in [0.2, 0.25) is 0 Å². The van der Waals surface area contributed by atoms with Crippen molar-refractivity contribution in [1.29, 1.82) is 0 Å². The molecule has 19 heavy (non-hydrogen) atoms. The van der Waals surface area contributed by atoms with Gasteiger partial charge in [-0.1, -0.05) is 0 Å². The quantitative estimate of drug-likeness (QED) is 0.793. The van der Waals surface area contributed by atoms with Gasteiger partial charge in [-0.15, -0.1) is 0 Å². The van der Waals surface area contributed by atoms with Gasteiger partial charge in [-0.2, -0.15) is 0 Å². The highest BCUT2D eigenvalue weighted by Crippen LogP contribution is 2.29. The van der Waals surface area contributed by atoms with Crippen molar-refractivity contribution in [3.63, 3.8) is 0 Å². The van der Waals surface area contributed by atoms with E-state index in [0.717, 1.165) is 0 Å². The first-order chi connectivity index (χ1) is 9.06. The minimum absolute atomic E-state index is 0.135. The third-order valence-electron chi connectivity index (χ3n) is 2.34. The standard InChI is InChI=1S/C14H22N2O3/c1-4-18-11-6-7-13(19-5-2)12(9-11)16-14(17)8-10(3)15/h6-7,9-10H,4-5,8,15H2,1-3H3,(H,16,17). The van der Waals surface area contributed by atoms with Crippen molar-refractivity contribution in [3.8, 4) is 11.5 Å². The highest BCUT2D eigenvalue weighted by atomic mass is 16.5. The molecule has 0 bridgehead atoms. The number of ether oxygens (including phenoxy) is 2. The average Bonchev–Trinajstić information content (AvgIpc) is 2.32. The Labute approximate surface area is 114 Å². The fourth-order valence-corrected chi connectivity index (χ4v) is 1.64. The summed E-state index contributed by atoms with van der Waals surface area (Å²) in [5.74, 6) is 1.19. The van der Waals surface area contributed by atoms with Gasteiger partial charge >= 0.3 is 0 Å². The van der Waals surface area contributed by atoms with Crippen LogP contribution in [0.3, 0.4) is 0 Å². The summed E-state index contributed by atoms with van der Waals surface area (Å²) in [7, 11) is 0. The minimum Gasteiger partial charge on any atom is -0.494 e. The Bertz CT molecular complexity index is 419. The zero-order valence-corrected chi connectivity index (χ0v) is 11.7. The van der Waals surface area contributed by atoms with E-state index in [1.54, 1.807) is 19.1 Å². The molecule has 0 saturated heterocycles. The number of carbonyl (C=O) groups excluding carboxylic acids is 1. The van der Waals surface area contributed by atoms with E-state index in [-0.39, 0.29) is 18.4 Å². The maximum Gasteiger partial charge on any atom is 0.226 e. The van der Waals surface area contributed by atoms with Gasteiger partial charge in [0.25, 0.3) is 0 Å². The van der Waals surface area contributed by atoms with E-state index in [0.29, 0.717) is 30.4 Å². The van der Waals surface area contributed by atoms with Crippen LogP contribution in [0.1, 0.15) is 27.2 Å². The normalized spacial score (nSPS) is 11.8. The van der Waals surface area contributed by atoms with Crippen LogP contribution in [-0.2, 0) is 4.79 Å². The lowest BCUT2D eigenvalue weighted by Gasteiger charge is -2.14. The summed E-state index contributed by atoms with van der Waals surface area (Å²) in [6.07, 6.45) is 0.268. The first kappa shape index (κ1) is 15.3. The Morgan fingerprint density at radius 1 is 1.32 bits per heavy atom. The van der Waals surface area contributed by atoms with Gasteiger partial charge in [0.05, 0.1) is 18.9 Å². The summed E-state index contributed by atoms with van der Waals surface area (Å²) in [5, 5.41) is 2.80. The molecule has 0 radical (unpaired) electrons. The summed E-state index contributed by atoms with van der Waals surface area (Å²) in [4.78, 5) is 11.8. The molecule has 0 saturated carbocycles. The van der Waals surface area contributed by atoms with Crippen LogP contribution in [0.5, 0.6) is 11.5 Å². The Balaban J connectivity index is 2.86. The molecule has 0 aliphatic rings. The summed E-state index contributed by atoms with van der Waals surface area (Å²) < 4.78 is 10.9. The van der Waals surface area contributed by atoms with Crippen molar-refractivity contribution in [2.75, 3.05) is 18.5 Å². The molecule has 1 unspecified atom stereocenters. The Kier molecular flexibility index (Phi) is 6.15. The lowest BCUT2D eigenvalue weighted by atomic mass is 10.2. The second-order valence-corrected chi connectivity index (χ2v) is 4.25. The molecule has 0 fully saturated rings. The number of nitrogens with one attached hydrogen (secondary N) is 1.